The molecule has 4 heteroatoms. The molecule has 0 fully saturated rings. The van der Waals surface area contributed by atoms with Crippen LogP contribution in [0, 0.1) is 12.3 Å². The smallest absolute Gasteiger partial charge is 0.261 e. The first kappa shape index (κ1) is 16.1. The molecule has 2 rings (SSSR count). The van der Waals surface area contributed by atoms with Gasteiger partial charge in [-0.3, -0.25) is 4.72 Å². The third kappa shape index (κ3) is 3.69. The number of sulfonamides is 1. The van der Waals surface area contributed by atoms with Crippen molar-refractivity contribution >= 4 is 15.7 Å². The minimum atomic E-state index is -3.62. The van der Waals surface area contributed by atoms with Gasteiger partial charge in [0.25, 0.3) is 10.0 Å². The Bertz CT molecular complexity index is 807. The fraction of sp³-hybridized carbons (Fsp3) is 0.222. The van der Waals surface area contributed by atoms with Gasteiger partial charge in [0.05, 0.1) is 10.6 Å². The Hall–Kier alpha value is -2.25. The van der Waals surface area contributed by atoms with E-state index < -0.39 is 10.0 Å². The van der Waals surface area contributed by atoms with Gasteiger partial charge in [-0.25, -0.2) is 8.42 Å². The Kier molecular flexibility index (Phi) is 4.30. The molecular formula is C18H19NO2S. The van der Waals surface area contributed by atoms with Crippen LogP contribution in [0.15, 0.2) is 53.4 Å². The molecule has 0 amide bonds. The van der Waals surface area contributed by atoms with Crippen molar-refractivity contribution in [1.82, 2.24) is 0 Å². The number of rotatable bonds is 3. The molecule has 0 aliphatic heterocycles. The van der Waals surface area contributed by atoms with Gasteiger partial charge in [-0.2, -0.15) is 0 Å². The van der Waals surface area contributed by atoms with Crippen molar-refractivity contribution in [2.75, 3.05) is 4.72 Å². The average Bonchev–Trinajstić information content (AvgIpc) is 2.46. The molecule has 2 aromatic carbocycles. The van der Waals surface area contributed by atoms with E-state index in [1.807, 2.05) is 12.1 Å². The molecule has 0 saturated carbocycles. The molecule has 3 nitrogen and oxygen atoms in total. The largest absolute Gasteiger partial charge is 0.280 e. The second kappa shape index (κ2) is 5.86. The molecule has 1 N–H and O–H groups in total. The Labute approximate surface area is 132 Å². The zero-order valence-corrected chi connectivity index (χ0v) is 13.7. The summed E-state index contributed by atoms with van der Waals surface area (Å²) in [5, 5.41) is 0. The van der Waals surface area contributed by atoms with Crippen LogP contribution < -0.4 is 4.72 Å². The van der Waals surface area contributed by atoms with Gasteiger partial charge in [-0.1, -0.05) is 44.9 Å². The van der Waals surface area contributed by atoms with Crippen molar-refractivity contribution in [2.45, 2.75) is 31.1 Å². The summed E-state index contributed by atoms with van der Waals surface area (Å²) in [6.07, 6.45) is 5.32. The van der Waals surface area contributed by atoms with E-state index in [1.54, 1.807) is 36.4 Å². The lowest BCUT2D eigenvalue weighted by atomic mass is 9.87. The molecule has 114 valence electrons. The van der Waals surface area contributed by atoms with E-state index in [-0.39, 0.29) is 10.3 Å². The highest BCUT2D eigenvalue weighted by Gasteiger charge is 2.17. The van der Waals surface area contributed by atoms with Crippen LogP contribution in [0.25, 0.3) is 0 Å². The molecule has 0 heterocycles. The summed E-state index contributed by atoms with van der Waals surface area (Å²) >= 11 is 0. The molecule has 0 unspecified atom stereocenters. The second-order valence-corrected chi connectivity index (χ2v) is 7.79. The fourth-order valence-electron chi connectivity index (χ4n) is 2.02. The second-order valence-electron chi connectivity index (χ2n) is 6.11. The highest BCUT2D eigenvalue weighted by Crippen LogP contribution is 2.24. The molecule has 0 bridgehead atoms. The maximum Gasteiger partial charge on any atom is 0.261 e. The highest BCUT2D eigenvalue weighted by atomic mass is 32.2. The van der Waals surface area contributed by atoms with Gasteiger partial charge >= 0.3 is 0 Å². The zero-order chi connectivity index (χ0) is 16.4. The number of hydrogen-bond donors (Lipinski definition) is 1. The number of hydrogen-bond acceptors (Lipinski definition) is 2. The van der Waals surface area contributed by atoms with E-state index in [0.29, 0.717) is 11.3 Å². The van der Waals surface area contributed by atoms with E-state index in [2.05, 4.69) is 31.4 Å². The maximum absolute atomic E-state index is 12.4. The number of anilines is 1. The van der Waals surface area contributed by atoms with Crippen LogP contribution in [0.4, 0.5) is 5.69 Å². The van der Waals surface area contributed by atoms with E-state index >= 15 is 0 Å². The first-order valence-electron chi connectivity index (χ1n) is 6.92. The average molecular weight is 313 g/mol. The molecular weight excluding hydrogens is 294 g/mol. The van der Waals surface area contributed by atoms with Gasteiger partial charge in [0.1, 0.15) is 0 Å². The Morgan fingerprint density at radius 1 is 1.05 bits per heavy atom. The third-order valence-corrected chi connectivity index (χ3v) is 4.71. The predicted octanol–water partition coefficient (Wildman–Crippen LogP) is 3.77. The van der Waals surface area contributed by atoms with Crippen molar-refractivity contribution in [1.29, 1.82) is 0 Å². The SMILES string of the molecule is C#Cc1cccc(NS(=O)(=O)c2ccc(C(C)(C)C)cc2)c1. The predicted molar refractivity (Wildman–Crippen MR) is 90.3 cm³/mol. The minimum Gasteiger partial charge on any atom is -0.280 e. The molecule has 0 aliphatic carbocycles. The summed E-state index contributed by atoms with van der Waals surface area (Å²) in [5.74, 6) is 2.48. The monoisotopic (exact) mass is 313 g/mol. The minimum absolute atomic E-state index is 0.0170. The molecule has 0 spiro atoms. The normalized spacial score (nSPS) is 11.7. The van der Waals surface area contributed by atoms with Crippen LogP contribution in [-0.4, -0.2) is 8.42 Å². The van der Waals surface area contributed by atoms with Gasteiger partial charge < -0.3 is 0 Å². The third-order valence-electron chi connectivity index (χ3n) is 3.31. The van der Waals surface area contributed by atoms with Crippen molar-refractivity contribution in [3.63, 3.8) is 0 Å². The molecule has 0 saturated heterocycles. The topological polar surface area (TPSA) is 46.2 Å². The van der Waals surface area contributed by atoms with Gasteiger partial charge in [0, 0.05) is 5.56 Å². The van der Waals surface area contributed by atoms with E-state index in [0.717, 1.165) is 5.56 Å². The summed E-state index contributed by atoms with van der Waals surface area (Å²) in [6, 6.07) is 13.7. The Balaban J connectivity index is 2.29. The Morgan fingerprint density at radius 3 is 2.23 bits per heavy atom. The zero-order valence-electron chi connectivity index (χ0n) is 12.9. The number of benzene rings is 2. The summed E-state index contributed by atoms with van der Waals surface area (Å²) in [4.78, 5) is 0.228. The van der Waals surface area contributed by atoms with Crippen LogP contribution in [0.2, 0.25) is 0 Å². The molecule has 22 heavy (non-hydrogen) atoms. The molecule has 0 radical (unpaired) electrons. The van der Waals surface area contributed by atoms with Crippen LogP contribution in [0.3, 0.4) is 0 Å². The van der Waals surface area contributed by atoms with Gasteiger partial charge in [0.15, 0.2) is 0 Å². The van der Waals surface area contributed by atoms with E-state index in [1.165, 1.54) is 0 Å². The summed E-state index contributed by atoms with van der Waals surface area (Å²) in [7, 11) is -3.62. The maximum atomic E-state index is 12.4. The summed E-state index contributed by atoms with van der Waals surface area (Å²) in [6.45, 7) is 6.25. The number of terminal acetylenes is 1. The highest BCUT2D eigenvalue weighted by molar-refractivity contribution is 7.92. The first-order chi connectivity index (χ1) is 10.2. The molecule has 0 aliphatic rings. The summed E-state index contributed by atoms with van der Waals surface area (Å²) < 4.78 is 27.3. The Morgan fingerprint density at radius 2 is 1.68 bits per heavy atom. The lowest BCUT2D eigenvalue weighted by Crippen LogP contribution is -2.15. The van der Waals surface area contributed by atoms with Gasteiger partial charge in [-0.15, -0.1) is 6.42 Å². The molecule has 2 aromatic rings. The van der Waals surface area contributed by atoms with E-state index in [9.17, 15) is 8.42 Å². The van der Waals surface area contributed by atoms with Gasteiger partial charge in [-0.05, 0) is 41.3 Å². The van der Waals surface area contributed by atoms with Crippen molar-refractivity contribution in [3.05, 3.63) is 59.7 Å². The molecule has 0 aromatic heterocycles. The van der Waals surface area contributed by atoms with Crippen LogP contribution in [-0.2, 0) is 15.4 Å². The van der Waals surface area contributed by atoms with Crippen molar-refractivity contribution in [2.24, 2.45) is 0 Å². The molecule has 0 atom stereocenters. The quantitative estimate of drug-likeness (QED) is 0.877. The van der Waals surface area contributed by atoms with E-state index in [4.69, 9.17) is 6.42 Å². The van der Waals surface area contributed by atoms with Crippen molar-refractivity contribution in [3.8, 4) is 12.3 Å². The number of nitrogens with one attached hydrogen (secondary N) is 1. The first-order valence-corrected chi connectivity index (χ1v) is 8.41. The van der Waals surface area contributed by atoms with Crippen LogP contribution >= 0.6 is 0 Å². The van der Waals surface area contributed by atoms with Crippen LogP contribution in [0.5, 0.6) is 0 Å². The lowest BCUT2D eigenvalue weighted by Gasteiger charge is -2.19. The van der Waals surface area contributed by atoms with Gasteiger partial charge in [0.2, 0.25) is 0 Å². The fourth-order valence-corrected chi connectivity index (χ4v) is 3.07. The lowest BCUT2D eigenvalue weighted by molar-refractivity contribution is 0.587. The standard InChI is InChI=1S/C18H19NO2S/c1-5-14-7-6-8-16(13-14)19-22(20,21)17-11-9-15(10-12-17)18(2,3)4/h1,6-13,19H,2-4H3. The summed E-state index contributed by atoms with van der Waals surface area (Å²) in [5.41, 5.74) is 2.15. The van der Waals surface area contributed by atoms with Crippen LogP contribution in [0.1, 0.15) is 31.9 Å². The van der Waals surface area contributed by atoms with Crippen molar-refractivity contribution < 1.29 is 8.42 Å².